The fraction of sp³-hybridized carbons (Fsp3) is 0.900. The van der Waals surface area contributed by atoms with Crippen LogP contribution in [0.2, 0.25) is 0 Å². The summed E-state index contributed by atoms with van der Waals surface area (Å²) < 4.78 is 5.23. The van der Waals surface area contributed by atoms with Crippen LogP contribution in [0.4, 0.5) is 0 Å². The molecule has 1 aliphatic heterocycles. The molecular weight excluding hydrogens is 180 g/mol. The van der Waals surface area contributed by atoms with Crippen LogP contribution in [-0.4, -0.2) is 32.2 Å². The summed E-state index contributed by atoms with van der Waals surface area (Å²) in [6.45, 7) is 4.84. The van der Waals surface area contributed by atoms with Crippen molar-refractivity contribution in [1.82, 2.24) is 5.32 Å². The van der Waals surface area contributed by atoms with Crippen LogP contribution in [0.5, 0.6) is 0 Å². The Labute approximate surface area is 85.2 Å². The van der Waals surface area contributed by atoms with Crippen LogP contribution in [0, 0.1) is 11.8 Å². The van der Waals surface area contributed by atoms with Gasteiger partial charge in [0.1, 0.15) is 0 Å². The van der Waals surface area contributed by atoms with Crippen molar-refractivity contribution < 1.29 is 9.53 Å². The summed E-state index contributed by atoms with van der Waals surface area (Å²) in [6.07, 6.45) is 1.82. The Morgan fingerprint density at radius 2 is 2.50 bits per heavy atom. The van der Waals surface area contributed by atoms with E-state index in [-0.39, 0.29) is 11.8 Å². The molecule has 0 saturated carbocycles. The lowest BCUT2D eigenvalue weighted by molar-refractivity contribution is -0.124. The highest BCUT2D eigenvalue weighted by atomic mass is 16.5. The second kappa shape index (κ2) is 5.98. The molecule has 0 bridgehead atoms. The average Bonchev–Trinajstić information content (AvgIpc) is 2.67. The van der Waals surface area contributed by atoms with E-state index in [4.69, 9.17) is 10.5 Å². The van der Waals surface area contributed by atoms with E-state index in [1.165, 1.54) is 0 Å². The van der Waals surface area contributed by atoms with Crippen LogP contribution in [-0.2, 0) is 9.53 Å². The maximum absolute atomic E-state index is 11.5. The number of hydrogen-bond donors (Lipinski definition) is 2. The predicted octanol–water partition coefficient (Wildman–Crippen LogP) is 0.124. The van der Waals surface area contributed by atoms with Crippen molar-refractivity contribution in [2.45, 2.75) is 19.8 Å². The number of rotatable bonds is 5. The average molecular weight is 200 g/mol. The smallest absolute Gasteiger partial charge is 0.222 e. The molecule has 0 radical (unpaired) electrons. The van der Waals surface area contributed by atoms with Gasteiger partial charge in [0, 0.05) is 25.0 Å². The Morgan fingerprint density at radius 3 is 3.07 bits per heavy atom. The third-order valence-electron chi connectivity index (χ3n) is 2.64. The minimum Gasteiger partial charge on any atom is -0.381 e. The molecule has 3 N–H and O–H groups in total. The summed E-state index contributed by atoms with van der Waals surface area (Å²) in [5, 5.41) is 2.93. The van der Waals surface area contributed by atoms with Gasteiger partial charge in [0.2, 0.25) is 5.91 Å². The van der Waals surface area contributed by atoms with Crippen LogP contribution < -0.4 is 11.1 Å². The van der Waals surface area contributed by atoms with E-state index in [9.17, 15) is 4.79 Å². The highest BCUT2D eigenvalue weighted by molar-refractivity contribution is 5.78. The topological polar surface area (TPSA) is 64.4 Å². The quantitative estimate of drug-likeness (QED) is 0.662. The molecule has 1 aliphatic rings. The van der Waals surface area contributed by atoms with Crippen LogP contribution in [0.25, 0.3) is 0 Å². The molecule has 14 heavy (non-hydrogen) atoms. The normalized spacial score (nSPS) is 23.4. The zero-order chi connectivity index (χ0) is 10.4. The van der Waals surface area contributed by atoms with Crippen molar-refractivity contribution >= 4 is 5.91 Å². The van der Waals surface area contributed by atoms with Gasteiger partial charge in [-0.1, -0.05) is 6.92 Å². The molecule has 1 saturated heterocycles. The molecule has 4 heteroatoms. The lowest BCUT2D eigenvalue weighted by Gasteiger charge is -2.13. The predicted molar refractivity (Wildman–Crippen MR) is 54.8 cm³/mol. The van der Waals surface area contributed by atoms with Crippen molar-refractivity contribution in [3.63, 3.8) is 0 Å². The Balaban J connectivity index is 2.13. The number of nitrogens with two attached hydrogens (primary N) is 1. The van der Waals surface area contributed by atoms with Gasteiger partial charge in [0.25, 0.3) is 0 Å². The Bertz CT molecular complexity index is 179. The number of amides is 1. The van der Waals surface area contributed by atoms with Crippen LogP contribution in [0.1, 0.15) is 19.8 Å². The molecule has 0 aromatic heterocycles. The molecule has 82 valence electrons. The maximum atomic E-state index is 11.5. The van der Waals surface area contributed by atoms with E-state index in [1.54, 1.807) is 0 Å². The van der Waals surface area contributed by atoms with Gasteiger partial charge in [-0.15, -0.1) is 0 Å². The second-order valence-corrected chi connectivity index (χ2v) is 3.95. The fourth-order valence-corrected chi connectivity index (χ4v) is 1.54. The van der Waals surface area contributed by atoms with Gasteiger partial charge < -0.3 is 15.8 Å². The molecule has 2 atom stereocenters. The SMILES string of the molecule is CC(CCN)C(=O)NCC1CCOC1. The molecule has 2 unspecified atom stereocenters. The van der Waals surface area contributed by atoms with E-state index in [0.29, 0.717) is 12.5 Å². The number of hydrogen-bond acceptors (Lipinski definition) is 3. The van der Waals surface area contributed by atoms with Crippen molar-refractivity contribution in [2.75, 3.05) is 26.3 Å². The molecule has 0 spiro atoms. The molecule has 1 heterocycles. The van der Waals surface area contributed by atoms with Crippen molar-refractivity contribution in [2.24, 2.45) is 17.6 Å². The summed E-state index contributed by atoms with van der Waals surface area (Å²) in [5.74, 6) is 0.647. The Morgan fingerprint density at radius 1 is 1.71 bits per heavy atom. The first kappa shape index (κ1) is 11.5. The lowest BCUT2D eigenvalue weighted by atomic mass is 10.1. The van der Waals surface area contributed by atoms with E-state index in [0.717, 1.165) is 32.6 Å². The van der Waals surface area contributed by atoms with E-state index in [2.05, 4.69) is 5.32 Å². The van der Waals surface area contributed by atoms with Gasteiger partial charge in [-0.05, 0) is 19.4 Å². The van der Waals surface area contributed by atoms with E-state index >= 15 is 0 Å². The first-order valence-corrected chi connectivity index (χ1v) is 5.29. The van der Waals surface area contributed by atoms with Gasteiger partial charge in [0.05, 0.1) is 6.61 Å². The van der Waals surface area contributed by atoms with E-state index < -0.39 is 0 Å². The van der Waals surface area contributed by atoms with Crippen molar-refractivity contribution in [3.8, 4) is 0 Å². The summed E-state index contributed by atoms with van der Waals surface area (Å²) in [7, 11) is 0. The third-order valence-corrected chi connectivity index (χ3v) is 2.64. The summed E-state index contributed by atoms with van der Waals surface area (Å²) in [6, 6.07) is 0. The number of carbonyl (C=O) groups excluding carboxylic acids is 1. The number of carbonyl (C=O) groups is 1. The van der Waals surface area contributed by atoms with Crippen molar-refractivity contribution in [3.05, 3.63) is 0 Å². The van der Waals surface area contributed by atoms with Gasteiger partial charge >= 0.3 is 0 Å². The molecule has 1 rings (SSSR count). The molecule has 0 aromatic rings. The summed E-state index contributed by atoms with van der Waals surface area (Å²) >= 11 is 0. The zero-order valence-corrected chi connectivity index (χ0v) is 8.79. The van der Waals surface area contributed by atoms with E-state index in [1.807, 2.05) is 6.92 Å². The van der Waals surface area contributed by atoms with Crippen molar-refractivity contribution in [1.29, 1.82) is 0 Å². The summed E-state index contributed by atoms with van der Waals surface area (Å²) in [5.41, 5.74) is 5.39. The molecule has 4 nitrogen and oxygen atoms in total. The van der Waals surface area contributed by atoms with Crippen LogP contribution >= 0.6 is 0 Å². The third kappa shape index (κ3) is 3.64. The van der Waals surface area contributed by atoms with Crippen LogP contribution in [0.3, 0.4) is 0 Å². The number of ether oxygens (including phenoxy) is 1. The molecule has 0 aliphatic carbocycles. The fourth-order valence-electron chi connectivity index (χ4n) is 1.54. The summed E-state index contributed by atoms with van der Waals surface area (Å²) in [4.78, 5) is 11.5. The van der Waals surface area contributed by atoms with Gasteiger partial charge in [-0.3, -0.25) is 4.79 Å². The minimum atomic E-state index is 0.0299. The highest BCUT2D eigenvalue weighted by Gasteiger charge is 2.18. The highest BCUT2D eigenvalue weighted by Crippen LogP contribution is 2.11. The Hall–Kier alpha value is -0.610. The zero-order valence-electron chi connectivity index (χ0n) is 8.79. The van der Waals surface area contributed by atoms with Gasteiger partial charge in [0.15, 0.2) is 0 Å². The second-order valence-electron chi connectivity index (χ2n) is 3.95. The number of nitrogens with one attached hydrogen (secondary N) is 1. The Kier molecular flexibility index (Phi) is 4.90. The van der Waals surface area contributed by atoms with Crippen LogP contribution in [0.15, 0.2) is 0 Å². The van der Waals surface area contributed by atoms with Gasteiger partial charge in [-0.2, -0.15) is 0 Å². The minimum absolute atomic E-state index is 0.0299. The maximum Gasteiger partial charge on any atom is 0.222 e. The van der Waals surface area contributed by atoms with Gasteiger partial charge in [-0.25, -0.2) is 0 Å². The standard InChI is InChI=1S/C10H20N2O2/c1-8(2-4-11)10(13)12-6-9-3-5-14-7-9/h8-9H,2-7,11H2,1H3,(H,12,13). The molecule has 1 amide bonds. The monoisotopic (exact) mass is 200 g/mol. The molecular formula is C10H20N2O2. The lowest BCUT2D eigenvalue weighted by Crippen LogP contribution is -2.34. The molecule has 1 fully saturated rings. The largest absolute Gasteiger partial charge is 0.381 e. The molecule has 0 aromatic carbocycles. The first-order valence-electron chi connectivity index (χ1n) is 5.29. The first-order chi connectivity index (χ1) is 6.74.